The maximum absolute atomic E-state index is 5.57. The highest BCUT2D eigenvalue weighted by Gasteiger charge is 2.02. The summed E-state index contributed by atoms with van der Waals surface area (Å²) in [5.41, 5.74) is 8.54. The second-order valence-corrected chi connectivity index (χ2v) is 3.62. The fraction of sp³-hybridized carbons (Fsp3) is 0. The predicted octanol–water partition coefficient (Wildman–Crippen LogP) is 2.21. The molecule has 3 rings (SSSR count). The summed E-state index contributed by atoms with van der Waals surface area (Å²) in [4.78, 5) is 4.27. The third kappa shape index (κ3) is 1.40. The van der Waals surface area contributed by atoms with Gasteiger partial charge in [-0.25, -0.2) is 0 Å². The Kier molecular flexibility index (Phi) is 1.86. The molecule has 0 bridgehead atoms. The SMILES string of the molecule is Nc1cc(-c2ccc3ncccc3c2)[nH]n1. The second-order valence-electron chi connectivity index (χ2n) is 3.62. The summed E-state index contributed by atoms with van der Waals surface area (Å²) in [5.74, 6) is 0.501. The van der Waals surface area contributed by atoms with Crippen LogP contribution < -0.4 is 5.73 Å². The van der Waals surface area contributed by atoms with Crippen molar-refractivity contribution >= 4 is 16.7 Å². The Hall–Kier alpha value is -2.36. The van der Waals surface area contributed by atoms with Gasteiger partial charge >= 0.3 is 0 Å². The molecule has 16 heavy (non-hydrogen) atoms. The summed E-state index contributed by atoms with van der Waals surface area (Å²) >= 11 is 0. The smallest absolute Gasteiger partial charge is 0.145 e. The predicted molar refractivity (Wildman–Crippen MR) is 63.7 cm³/mol. The lowest BCUT2D eigenvalue weighted by atomic mass is 10.1. The van der Waals surface area contributed by atoms with Gasteiger partial charge in [-0.1, -0.05) is 12.1 Å². The molecule has 4 nitrogen and oxygen atoms in total. The number of hydrogen-bond acceptors (Lipinski definition) is 3. The van der Waals surface area contributed by atoms with Crippen LogP contribution in [-0.4, -0.2) is 15.2 Å². The summed E-state index contributed by atoms with van der Waals surface area (Å²) in [5, 5.41) is 7.91. The number of benzene rings is 1. The molecule has 0 aliphatic heterocycles. The molecule has 0 saturated carbocycles. The highest BCUT2D eigenvalue weighted by Crippen LogP contribution is 2.22. The van der Waals surface area contributed by atoms with E-state index in [0.29, 0.717) is 5.82 Å². The van der Waals surface area contributed by atoms with Crippen LogP contribution in [0, 0.1) is 0 Å². The van der Waals surface area contributed by atoms with Gasteiger partial charge in [-0.2, -0.15) is 5.10 Å². The second kappa shape index (κ2) is 3.34. The molecule has 0 unspecified atom stereocenters. The van der Waals surface area contributed by atoms with Gasteiger partial charge in [0.05, 0.1) is 11.2 Å². The van der Waals surface area contributed by atoms with Crippen molar-refractivity contribution in [2.45, 2.75) is 0 Å². The molecule has 0 atom stereocenters. The maximum Gasteiger partial charge on any atom is 0.145 e. The summed E-state index contributed by atoms with van der Waals surface area (Å²) in [6.45, 7) is 0. The van der Waals surface area contributed by atoms with Gasteiger partial charge < -0.3 is 5.73 Å². The lowest BCUT2D eigenvalue weighted by molar-refractivity contribution is 1.10. The molecule has 3 aromatic rings. The minimum absolute atomic E-state index is 0.501. The van der Waals surface area contributed by atoms with Crippen molar-refractivity contribution in [3.63, 3.8) is 0 Å². The van der Waals surface area contributed by atoms with Crippen LogP contribution in [0.25, 0.3) is 22.2 Å². The van der Waals surface area contributed by atoms with Crippen LogP contribution in [0.4, 0.5) is 5.82 Å². The lowest BCUT2D eigenvalue weighted by Gasteiger charge is -2.00. The van der Waals surface area contributed by atoms with Gasteiger partial charge in [0.15, 0.2) is 0 Å². The molecular weight excluding hydrogens is 200 g/mol. The number of nitrogens with one attached hydrogen (secondary N) is 1. The van der Waals surface area contributed by atoms with Crippen LogP contribution in [0.15, 0.2) is 42.6 Å². The number of aromatic nitrogens is 3. The number of aromatic amines is 1. The molecule has 0 aliphatic carbocycles. The molecule has 2 heterocycles. The van der Waals surface area contributed by atoms with E-state index in [1.165, 1.54) is 0 Å². The van der Waals surface area contributed by atoms with Gasteiger partial charge in [0.2, 0.25) is 0 Å². The largest absolute Gasteiger partial charge is 0.382 e. The van der Waals surface area contributed by atoms with Crippen molar-refractivity contribution in [2.24, 2.45) is 0 Å². The van der Waals surface area contributed by atoms with Gasteiger partial charge in [0.1, 0.15) is 5.82 Å². The van der Waals surface area contributed by atoms with E-state index in [1.54, 1.807) is 6.20 Å². The van der Waals surface area contributed by atoms with E-state index in [9.17, 15) is 0 Å². The lowest BCUT2D eigenvalue weighted by Crippen LogP contribution is -1.81. The number of nitrogen functional groups attached to an aromatic ring is 1. The Labute approximate surface area is 92.1 Å². The van der Waals surface area contributed by atoms with Crippen molar-refractivity contribution < 1.29 is 0 Å². The van der Waals surface area contributed by atoms with Gasteiger partial charge in [-0.05, 0) is 18.2 Å². The number of pyridine rings is 1. The summed E-state index contributed by atoms with van der Waals surface area (Å²) in [6, 6.07) is 11.8. The third-order valence-electron chi connectivity index (χ3n) is 2.51. The minimum atomic E-state index is 0.501. The van der Waals surface area contributed by atoms with Crippen molar-refractivity contribution in [1.82, 2.24) is 15.2 Å². The zero-order chi connectivity index (χ0) is 11.0. The van der Waals surface area contributed by atoms with Crippen molar-refractivity contribution in [1.29, 1.82) is 0 Å². The number of fused-ring (bicyclic) bond motifs is 1. The fourth-order valence-corrected chi connectivity index (χ4v) is 1.73. The van der Waals surface area contributed by atoms with Gasteiger partial charge in [0.25, 0.3) is 0 Å². The molecule has 3 N–H and O–H groups in total. The zero-order valence-electron chi connectivity index (χ0n) is 8.51. The maximum atomic E-state index is 5.57. The topological polar surface area (TPSA) is 67.6 Å². The number of nitrogens with two attached hydrogens (primary N) is 1. The van der Waals surface area contributed by atoms with E-state index in [1.807, 2.05) is 30.3 Å². The van der Waals surface area contributed by atoms with E-state index in [2.05, 4.69) is 21.2 Å². The highest BCUT2D eigenvalue weighted by atomic mass is 15.2. The van der Waals surface area contributed by atoms with E-state index in [0.717, 1.165) is 22.2 Å². The Bertz CT molecular complexity index is 642. The third-order valence-corrected chi connectivity index (χ3v) is 2.51. The standard InChI is InChI=1S/C12H10N4/c13-12-7-11(15-16-12)9-3-4-10-8(6-9)2-1-5-14-10/h1-7H,(H3,13,15,16). The molecule has 0 saturated heterocycles. The summed E-state index contributed by atoms with van der Waals surface area (Å²) < 4.78 is 0. The molecule has 1 aromatic carbocycles. The van der Waals surface area contributed by atoms with Crippen LogP contribution in [0.2, 0.25) is 0 Å². The molecule has 78 valence electrons. The number of nitrogens with zero attached hydrogens (tertiary/aromatic N) is 2. The van der Waals surface area contributed by atoms with Gasteiger partial charge in [0, 0.05) is 23.2 Å². The molecular formula is C12H10N4. The molecule has 2 aromatic heterocycles. The molecule has 0 amide bonds. The first-order chi connectivity index (χ1) is 7.83. The van der Waals surface area contributed by atoms with Crippen molar-refractivity contribution in [2.75, 3.05) is 5.73 Å². The molecule has 0 fully saturated rings. The first kappa shape index (κ1) is 8.91. The summed E-state index contributed by atoms with van der Waals surface area (Å²) in [6.07, 6.45) is 1.79. The number of hydrogen-bond donors (Lipinski definition) is 2. The Morgan fingerprint density at radius 2 is 2.06 bits per heavy atom. The molecule has 0 aliphatic rings. The zero-order valence-corrected chi connectivity index (χ0v) is 8.51. The van der Waals surface area contributed by atoms with Crippen LogP contribution in [-0.2, 0) is 0 Å². The summed E-state index contributed by atoms with van der Waals surface area (Å²) in [7, 11) is 0. The average molecular weight is 210 g/mol. The Balaban J connectivity index is 2.18. The van der Waals surface area contributed by atoms with Crippen LogP contribution in [0.3, 0.4) is 0 Å². The first-order valence-electron chi connectivity index (χ1n) is 4.99. The molecule has 0 radical (unpaired) electrons. The van der Waals surface area contributed by atoms with E-state index < -0.39 is 0 Å². The average Bonchev–Trinajstić information content (AvgIpc) is 2.75. The normalized spacial score (nSPS) is 10.8. The van der Waals surface area contributed by atoms with Crippen molar-refractivity contribution in [3.8, 4) is 11.3 Å². The molecule has 0 spiro atoms. The van der Waals surface area contributed by atoms with Crippen LogP contribution >= 0.6 is 0 Å². The van der Waals surface area contributed by atoms with E-state index in [4.69, 9.17) is 5.73 Å². The van der Waals surface area contributed by atoms with Crippen molar-refractivity contribution in [3.05, 3.63) is 42.6 Å². The highest BCUT2D eigenvalue weighted by molar-refractivity contribution is 5.83. The Morgan fingerprint density at radius 3 is 2.88 bits per heavy atom. The number of anilines is 1. The van der Waals surface area contributed by atoms with E-state index in [-0.39, 0.29) is 0 Å². The molecule has 4 heteroatoms. The van der Waals surface area contributed by atoms with Crippen LogP contribution in [0.5, 0.6) is 0 Å². The monoisotopic (exact) mass is 210 g/mol. The quantitative estimate of drug-likeness (QED) is 0.647. The first-order valence-corrected chi connectivity index (χ1v) is 4.99. The van der Waals surface area contributed by atoms with Gasteiger partial charge in [-0.3, -0.25) is 10.1 Å². The fourth-order valence-electron chi connectivity index (χ4n) is 1.73. The number of H-pyrrole nitrogens is 1. The number of rotatable bonds is 1. The van der Waals surface area contributed by atoms with Gasteiger partial charge in [-0.15, -0.1) is 0 Å². The minimum Gasteiger partial charge on any atom is -0.382 e. The Morgan fingerprint density at radius 1 is 1.12 bits per heavy atom. The van der Waals surface area contributed by atoms with E-state index >= 15 is 0 Å². The van der Waals surface area contributed by atoms with Crippen LogP contribution in [0.1, 0.15) is 0 Å².